The first-order valence-electron chi connectivity index (χ1n) is 6.73. The van der Waals surface area contributed by atoms with Gasteiger partial charge in [-0.15, -0.1) is 0 Å². The minimum Gasteiger partial charge on any atom is -0.379 e. The van der Waals surface area contributed by atoms with E-state index >= 15 is 0 Å². The lowest BCUT2D eigenvalue weighted by Gasteiger charge is -2.18. The molecule has 1 amide bonds. The van der Waals surface area contributed by atoms with Crippen LogP contribution in [0.5, 0.6) is 0 Å². The molecule has 0 saturated carbocycles. The molecule has 0 heterocycles. The fourth-order valence-electron chi connectivity index (χ4n) is 1.94. The summed E-state index contributed by atoms with van der Waals surface area (Å²) in [5.41, 5.74) is 0.480. The zero-order chi connectivity index (χ0) is 15.8. The van der Waals surface area contributed by atoms with Crippen molar-refractivity contribution in [2.75, 3.05) is 25.0 Å². The van der Waals surface area contributed by atoms with Crippen LogP contribution < -0.4 is 5.32 Å². The number of nitrogens with one attached hydrogen (secondary N) is 1. The molecule has 0 spiro atoms. The largest absolute Gasteiger partial charge is 0.379 e. The summed E-state index contributed by atoms with van der Waals surface area (Å²) < 4.78 is 0. The van der Waals surface area contributed by atoms with Crippen LogP contribution in [0.15, 0.2) is 18.2 Å². The smallest absolute Gasteiger partial charge is 0.292 e. The van der Waals surface area contributed by atoms with Crippen LogP contribution in [0, 0.1) is 21.4 Å². The first-order chi connectivity index (χ1) is 10.0. The number of carbonyl (C=O) groups excluding carboxylic acids is 1. The van der Waals surface area contributed by atoms with Crippen molar-refractivity contribution in [3.05, 3.63) is 33.9 Å². The predicted octanol–water partition coefficient (Wildman–Crippen LogP) is 2.14. The van der Waals surface area contributed by atoms with Crippen LogP contribution in [-0.2, 0) is 4.79 Å². The summed E-state index contributed by atoms with van der Waals surface area (Å²) in [4.78, 5) is 23.9. The van der Waals surface area contributed by atoms with Crippen LogP contribution in [0.3, 0.4) is 0 Å². The summed E-state index contributed by atoms with van der Waals surface area (Å²) in [5, 5.41) is 22.6. The second-order valence-electron chi connectivity index (χ2n) is 4.34. The van der Waals surface area contributed by atoms with E-state index in [4.69, 9.17) is 5.26 Å². The third-order valence-electron chi connectivity index (χ3n) is 3.09. The van der Waals surface area contributed by atoms with E-state index in [9.17, 15) is 14.9 Å². The van der Waals surface area contributed by atoms with Crippen LogP contribution in [0.2, 0.25) is 0 Å². The molecule has 1 aromatic rings. The average Bonchev–Trinajstić information content (AvgIpc) is 2.48. The quantitative estimate of drug-likeness (QED) is 0.612. The van der Waals surface area contributed by atoms with Crippen LogP contribution in [0.4, 0.5) is 11.4 Å². The molecule has 0 aliphatic heterocycles. The Labute approximate surface area is 123 Å². The van der Waals surface area contributed by atoms with E-state index in [2.05, 4.69) is 5.32 Å². The average molecular weight is 290 g/mol. The van der Waals surface area contributed by atoms with E-state index in [0.29, 0.717) is 18.7 Å². The van der Waals surface area contributed by atoms with Gasteiger partial charge in [-0.05, 0) is 26.0 Å². The summed E-state index contributed by atoms with van der Waals surface area (Å²) in [5.74, 6) is -0.00779. The summed E-state index contributed by atoms with van der Waals surface area (Å²) in [6.07, 6.45) is 0.246. The Morgan fingerprint density at radius 1 is 1.43 bits per heavy atom. The minimum atomic E-state index is -0.518. The van der Waals surface area contributed by atoms with E-state index in [1.807, 2.05) is 19.9 Å². The number of rotatable bonds is 7. The number of amides is 1. The second-order valence-corrected chi connectivity index (χ2v) is 4.34. The Balaban J connectivity index is 2.73. The van der Waals surface area contributed by atoms with Crippen LogP contribution in [0.25, 0.3) is 0 Å². The Morgan fingerprint density at radius 3 is 2.62 bits per heavy atom. The molecular weight excluding hydrogens is 272 g/mol. The van der Waals surface area contributed by atoms with Crippen LogP contribution in [0.1, 0.15) is 25.8 Å². The summed E-state index contributed by atoms with van der Waals surface area (Å²) in [7, 11) is 0. The Morgan fingerprint density at radius 2 is 2.10 bits per heavy atom. The monoisotopic (exact) mass is 290 g/mol. The Hall–Kier alpha value is -2.62. The highest BCUT2D eigenvalue weighted by Gasteiger charge is 2.15. The van der Waals surface area contributed by atoms with Crippen molar-refractivity contribution in [1.82, 2.24) is 4.90 Å². The lowest BCUT2D eigenvalue weighted by Crippen LogP contribution is -2.31. The number of benzene rings is 1. The van der Waals surface area contributed by atoms with Crippen molar-refractivity contribution in [2.45, 2.75) is 20.3 Å². The second kappa shape index (κ2) is 7.85. The predicted molar refractivity (Wildman–Crippen MR) is 78.8 cm³/mol. The van der Waals surface area contributed by atoms with Gasteiger partial charge < -0.3 is 10.2 Å². The fraction of sp³-hybridized carbons (Fsp3) is 0.429. The number of hydrogen-bond acceptors (Lipinski definition) is 5. The van der Waals surface area contributed by atoms with Crippen molar-refractivity contribution >= 4 is 17.3 Å². The zero-order valence-corrected chi connectivity index (χ0v) is 12.1. The molecule has 0 unspecified atom stereocenters. The lowest BCUT2D eigenvalue weighted by atomic mass is 10.2. The molecule has 0 fully saturated rings. The lowest BCUT2D eigenvalue weighted by molar-refractivity contribution is -0.384. The van der Waals surface area contributed by atoms with E-state index in [0.717, 1.165) is 0 Å². The third-order valence-corrected chi connectivity index (χ3v) is 3.09. The highest BCUT2D eigenvalue weighted by Crippen LogP contribution is 2.25. The molecule has 0 atom stereocenters. The number of nitro benzene ring substituents is 1. The summed E-state index contributed by atoms with van der Waals surface area (Å²) in [6, 6.07) is 6.03. The number of carbonyl (C=O) groups is 1. The number of hydrogen-bond donors (Lipinski definition) is 1. The maximum Gasteiger partial charge on any atom is 0.292 e. The highest BCUT2D eigenvalue weighted by molar-refractivity contribution is 5.77. The molecule has 7 heteroatoms. The summed E-state index contributed by atoms with van der Waals surface area (Å²) >= 11 is 0. The van der Waals surface area contributed by atoms with E-state index in [1.165, 1.54) is 18.2 Å². The number of anilines is 1. The topological polar surface area (TPSA) is 99.3 Å². The molecule has 0 aromatic heterocycles. The van der Waals surface area contributed by atoms with Gasteiger partial charge in [0.15, 0.2) is 0 Å². The maximum atomic E-state index is 11.8. The number of nitrogens with zero attached hydrogens (tertiary/aromatic N) is 3. The minimum absolute atomic E-state index is 0.00779. The molecule has 0 saturated heterocycles. The van der Waals surface area contributed by atoms with Gasteiger partial charge in [-0.2, -0.15) is 5.26 Å². The van der Waals surface area contributed by atoms with Gasteiger partial charge in [0, 0.05) is 32.1 Å². The molecule has 1 N–H and O–H groups in total. The van der Waals surface area contributed by atoms with Crippen molar-refractivity contribution < 1.29 is 9.72 Å². The summed E-state index contributed by atoms with van der Waals surface area (Å²) in [6.45, 7) is 5.36. The molecule has 0 radical (unpaired) electrons. The molecule has 112 valence electrons. The number of nitro groups is 1. The van der Waals surface area contributed by atoms with Crippen molar-refractivity contribution in [3.63, 3.8) is 0 Å². The SMILES string of the molecule is CCN(CC)C(=O)CCNc1cc(C#N)ccc1[N+](=O)[O-]. The zero-order valence-electron chi connectivity index (χ0n) is 12.1. The molecule has 0 aliphatic carbocycles. The standard InChI is InChI=1S/C14H18N4O3/c1-3-17(4-2)14(19)7-8-16-12-9-11(10-15)5-6-13(12)18(20)21/h5-6,9,16H,3-4,7-8H2,1-2H3. The van der Waals surface area contributed by atoms with Crippen LogP contribution >= 0.6 is 0 Å². The molecule has 21 heavy (non-hydrogen) atoms. The van der Waals surface area contributed by atoms with Crippen molar-refractivity contribution in [3.8, 4) is 6.07 Å². The highest BCUT2D eigenvalue weighted by atomic mass is 16.6. The van der Waals surface area contributed by atoms with Gasteiger partial charge in [-0.25, -0.2) is 0 Å². The fourth-order valence-corrected chi connectivity index (χ4v) is 1.94. The van der Waals surface area contributed by atoms with Gasteiger partial charge in [0.25, 0.3) is 5.69 Å². The normalized spacial score (nSPS) is 9.76. The first kappa shape index (κ1) is 16.4. The van der Waals surface area contributed by atoms with Gasteiger partial charge in [0.05, 0.1) is 16.6 Å². The van der Waals surface area contributed by atoms with Crippen molar-refractivity contribution in [1.29, 1.82) is 5.26 Å². The number of nitriles is 1. The first-order valence-corrected chi connectivity index (χ1v) is 6.73. The van der Waals surface area contributed by atoms with Crippen LogP contribution in [-0.4, -0.2) is 35.4 Å². The molecule has 1 aromatic carbocycles. The molecule has 7 nitrogen and oxygen atoms in total. The van der Waals surface area contributed by atoms with Gasteiger partial charge in [0.2, 0.25) is 5.91 Å². The Bertz CT molecular complexity index is 562. The Kier molecular flexibility index (Phi) is 6.14. The van der Waals surface area contributed by atoms with Gasteiger partial charge in [0.1, 0.15) is 5.69 Å². The van der Waals surface area contributed by atoms with E-state index in [1.54, 1.807) is 4.90 Å². The third kappa shape index (κ3) is 4.45. The van der Waals surface area contributed by atoms with Crippen molar-refractivity contribution in [2.24, 2.45) is 0 Å². The van der Waals surface area contributed by atoms with Gasteiger partial charge in [-0.1, -0.05) is 0 Å². The molecule has 0 aliphatic rings. The molecule has 0 bridgehead atoms. The van der Waals surface area contributed by atoms with E-state index < -0.39 is 4.92 Å². The van der Waals surface area contributed by atoms with E-state index in [-0.39, 0.29) is 30.2 Å². The maximum absolute atomic E-state index is 11.8. The molecular formula is C14H18N4O3. The van der Waals surface area contributed by atoms with Gasteiger partial charge >= 0.3 is 0 Å². The molecule has 1 rings (SSSR count). The van der Waals surface area contributed by atoms with Gasteiger partial charge in [-0.3, -0.25) is 14.9 Å².